The largest absolute Gasteiger partial charge is 0.322 e. The summed E-state index contributed by atoms with van der Waals surface area (Å²) in [6, 6.07) is 16.9. The number of hydrogen-bond acceptors (Lipinski definition) is 4. The fraction of sp³-hybridized carbons (Fsp3) is 0.174. The molecule has 0 radical (unpaired) electrons. The normalized spacial score (nSPS) is 12.8. The Hall–Kier alpha value is -3.32. The van der Waals surface area contributed by atoms with Crippen LogP contribution in [-0.4, -0.2) is 34.6 Å². The predicted octanol–water partition coefficient (Wildman–Crippen LogP) is 4.65. The molecule has 0 fully saturated rings. The molecule has 1 aliphatic heterocycles. The van der Waals surface area contributed by atoms with Crippen molar-refractivity contribution in [2.45, 2.75) is 17.9 Å². The van der Waals surface area contributed by atoms with E-state index in [1.165, 1.54) is 5.56 Å². The molecule has 0 spiro atoms. The lowest BCUT2D eigenvalue weighted by Gasteiger charge is -2.29. The number of para-hydroxylation sites is 1. The van der Waals surface area contributed by atoms with Crippen LogP contribution in [-0.2, 0) is 13.0 Å². The summed E-state index contributed by atoms with van der Waals surface area (Å²) in [7, 11) is 0. The van der Waals surface area contributed by atoms with Crippen LogP contribution >= 0.6 is 11.8 Å². The molecule has 0 saturated heterocycles. The molecule has 6 nitrogen and oxygen atoms in total. The smallest absolute Gasteiger partial charge is 0.322 e. The van der Waals surface area contributed by atoms with Gasteiger partial charge in [-0.15, -0.1) is 11.8 Å². The SMILES string of the molecule is CSc1ccccc1NC(=O)N1CCc2ccc(NC(=O)c3ccncc3)cc2C1. The summed E-state index contributed by atoms with van der Waals surface area (Å²) in [4.78, 5) is 32.0. The summed E-state index contributed by atoms with van der Waals surface area (Å²) < 4.78 is 0. The number of aromatic nitrogens is 1. The maximum Gasteiger partial charge on any atom is 0.322 e. The summed E-state index contributed by atoms with van der Waals surface area (Å²) in [5.41, 5.74) is 4.33. The average Bonchev–Trinajstić information content (AvgIpc) is 2.79. The van der Waals surface area contributed by atoms with E-state index in [2.05, 4.69) is 15.6 Å². The second kappa shape index (κ2) is 9.00. The van der Waals surface area contributed by atoms with E-state index in [9.17, 15) is 9.59 Å². The highest BCUT2D eigenvalue weighted by Gasteiger charge is 2.22. The Morgan fingerprint density at radius 1 is 1.00 bits per heavy atom. The van der Waals surface area contributed by atoms with Gasteiger partial charge in [0.25, 0.3) is 5.91 Å². The van der Waals surface area contributed by atoms with Crippen LogP contribution in [0.4, 0.5) is 16.2 Å². The van der Waals surface area contributed by atoms with Crippen molar-refractivity contribution in [3.8, 4) is 0 Å². The molecule has 1 aromatic heterocycles. The maximum absolute atomic E-state index is 12.8. The topological polar surface area (TPSA) is 74.3 Å². The average molecular weight is 419 g/mol. The fourth-order valence-corrected chi connectivity index (χ4v) is 4.01. The molecule has 0 atom stereocenters. The first-order valence-electron chi connectivity index (χ1n) is 9.66. The van der Waals surface area contributed by atoms with Crippen LogP contribution in [0.25, 0.3) is 0 Å². The number of nitrogens with one attached hydrogen (secondary N) is 2. The highest BCUT2D eigenvalue weighted by atomic mass is 32.2. The number of rotatable bonds is 4. The van der Waals surface area contributed by atoms with E-state index in [-0.39, 0.29) is 11.9 Å². The van der Waals surface area contributed by atoms with Gasteiger partial charge in [0.2, 0.25) is 0 Å². The summed E-state index contributed by atoms with van der Waals surface area (Å²) in [6.45, 7) is 1.16. The quantitative estimate of drug-likeness (QED) is 0.605. The van der Waals surface area contributed by atoms with Crippen molar-refractivity contribution in [1.82, 2.24) is 9.88 Å². The van der Waals surface area contributed by atoms with Gasteiger partial charge in [0, 0.05) is 41.6 Å². The van der Waals surface area contributed by atoms with E-state index in [0.717, 1.165) is 22.6 Å². The van der Waals surface area contributed by atoms with Gasteiger partial charge in [-0.1, -0.05) is 18.2 Å². The van der Waals surface area contributed by atoms with Crippen molar-refractivity contribution in [2.75, 3.05) is 23.4 Å². The van der Waals surface area contributed by atoms with Gasteiger partial charge in [0.05, 0.1) is 5.69 Å². The minimum Gasteiger partial charge on any atom is -0.322 e. The van der Waals surface area contributed by atoms with Gasteiger partial charge in [-0.3, -0.25) is 9.78 Å². The van der Waals surface area contributed by atoms with Crippen molar-refractivity contribution in [2.24, 2.45) is 0 Å². The third kappa shape index (κ3) is 4.46. The molecule has 0 unspecified atom stereocenters. The lowest BCUT2D eigenvalue weighted by molar-refractivity contribution is 0.102. The van der Waals surface area contributed by atoms with E-state index >= 15 is 0 Å². The molecule has 0 saturated carbocycles. The van der Waals surface area contributed by atoms with Gasteiger partial charge in [-0.25, -0.2) is 4.79 Å². The number of benzene rings is 2. The lowest BCUT2D eigenvalue weighted by Crippen LogP contribution is -2.39. The number of anilines is 2. The van der Waals surface area contributed by atoms with Crippen LogP contribution in [0.1, 0.15) is 21.5 Å². The van der Waals surface area contributed by atoms with E-state index < -0.39 is 0 Å². The van der Waals surface area contributed by atoms with Gasteiger partial charge in [0.1, 0.15) is 0 Å². The summed E-state index contributed by atoms with van der Waals surface area (Å²) >= 11 is 1.60. The van der Waals surface area contributed by atoms with Gasteiger partial charge < -0.3 is 15.5 Å². The number of amides is 3. The minimum absolute atomic E-state index is 0.117. The van der Waals surface area contributed by atoms with Crippen molar-refractivity contribution in [3.05, 3.63) is 83.7 Å². The summed E-state index contributed by atoms with van der Waals surface area (Å²) in [5, 5.41) is 5.94. The first kappa shape index (κ1) is 20.0. The molecule has 30 heavy (non-hydrogen) atoms. The van der Waals surface area contributed by atoms with Gasteiger partial charge in [-0.05, 0) is 60.2 Å². The van der Waals surface area contributed by atoms with Crippen LogP contribution in [0.2, 0.25) is 0 Å². The lowest BCUT2D eigenvalue weighted by atomic mass is 9.99. The number of hydrogen-bond donors (Lipinski definition) is 2. The number of carbonyl (C=O) groups is 2. The van der Waals surface area contributed by atoms with Crippen LogP contribution in [0.5, 0.6) is 0 Å². The third-order valence-corrected chi connectivity index (χ3v) is 5.85. The Labute approximate surface area is 179 Å². The highest BCUT2D eigenvalue weighted by Crippen LogP contribution is 2.27. The monoisotopic (exact) mass is 418 g/mol. The molecular weight excluding hydrogens is 396 g/mol. The fourth-order valence-electron chi connectivity index (χ4n) is 3.46. The third-order valence-electron chi connectivity index (χ3n) is 5.05. The van der Waals surface area contributed by atoms with E-state index in [4.69, 9.17) is 0 Å². The molecule has 2 aromatic carbocycles. The van der Waals surface area contributed by atoms with Crippen LogP contribution in [0.3, 0.4) is 0 Å². The molecule has 7 heteroatoms. The van der Waals surface area contributed by atoms with Crippen molar-refractivity contribution >= 4 is 35.1 Å². The number of pyridine rings is 1. The first-order valence-corrected chi connectivity index (χ1v) is 10.9. The standard InChI is InChI=1S/C23H22N4O2S/c1-30-21-5-3-2-4-20(21)26-23(29)27-13-10-16-6-7-19(14-18(16)15-27)25-22(28)17-8-11-24-12-9-17/h2-9,11-12,14H,10,13,15H2,1H3,(H,25,28)(H,26,29). The van der Waals surface area contributed by atoms with Gasteiger partial charge in [0.15, 0.2) is 0 Å². The molecule has 3 aromatic rings. The zero-order chi connectivity index (χ0) is 20.9. The molecule has 3 amide bonds. The van der Waals surface area contributed by atoms with Crippen LogP contribution in [0, 0.1) is 0 Å². The second-order valence-corrected chi connectivity index (χ2v) is 7.82. The van der Waals surface area contributed by atoms with E-state index in [1.54, 1.807) is 41.2 Å². The van der Waals surface area contributed by atoms with E-state index in [0.29, 0.717) is 24.3 Å². The Morgan fingerprint density at radius 2 is 1.80 bits per heavy atom. The zero-order valence-electron chi connectivity index (χ0n) is 16.6. The number of carbonyl (C=O) groups excluding carboxylic acids is 2. The predicted molar refractivity (Wildman–Crippen MR) is 120 cm³/mol. The zero-order valence-corrected chi connectivity index (χ0v) is 17.4. The van der Waals surface area contributed by atoms with Crippen molar-refractivity contribution in [3.63, 3.8) is 0 Å². The summed E-state index contributed by atoms with van der Waals surface area (Å²) in [6.07, 6.45) is 5.95. The van der Waals surface area contributed by atoms with E-state index in [1.807, 2.05) is 48.7 Å². The number of thioether (sulfide) groups is 1. The number of nitrogens with zero attached hydrogens (tertiary/aromatic N) is 2. The maximum atomic E-state index is 12.8. The highest BCUT2D eigenvalue weighted by molar-refractivity contribution is 7.98. The van der Waals surface area contributed by atoms with Crippen LogP contribution < -0.4 is 10.6 Å². The molecule has 0 bridgehead atoms. The summed E-state index contributed by atoms with van der Waals surface area (Å²) in [5.74, 6) is -0.184. The molecule has 4 rings (SSSR count). The van der Waals surface area contributed by atoms with Crippen LogP contribution in [0.15, 0.2) is 71.9 Å². The van der Waals surface area contributed by atoms with Crippen molar-refractivity contribution in [1.29, 1.82) is 0 Å². The second-order valence-electron chi connectivity index (χ2n) is 6.98. The molecule has 1 aliphatic rings. The minimum atomic E-state index is -0.184. The molecule has 0 aliphatic carbocycles. The Morgan fingerprint density at radius 3 is 2.60 bits per heavy atom. The molecular formula is C23H22N4O2S. The van der Waals surface area contributed by atoms with Gasteiger partial charge in [-0.2, -0.15) is 0 Å². The number of fused-ring (bicyclic) bond motifs is 1. The Balaban J connectivity index is 1.45. The van der Waals surface area contributed by atoms with Gasteiger partial charge >= 0.3 is 6.03 Å². The molecule has 2 heterocycles. The molecule has 152 valence electrons. The first-order chi connectivity index (χ1) is 14.6. The molecule has 2 N–H and O–H groups in total. The van der Waals surface area contributed by atoms with Crippen molar-refractivity contribution < 1.29 is 9.59 Å². The Kier molecular flexibility index (Phi) is 5.99. The Bertz CT molecular complexity index is 1070. The number of urea groups is 1.